The number of amides is 1. The first-order valence-corrected chi connectivity index (χ1v) is 16.9. The predicted octanol–water partition coefficient (Wildman–Crippen LogP) is 5.52. The van der Waals surface area contributed by atoms with E-state index in [1.165, 1.54) is 19.2 Å². The molecule has 252 valence electrons. The van der Waals surface area contributed by atoms with E-state index in [1.54, 1.807) is 13.2 Å². The van der Waals surface area contributed by atoms with Crippen LogP contribution in [0, 0.1) is 23.0 Å². The Labute approximate surface area is 284 Å². The SMILES string of the molecule is COCC(=O)N1CCC12CCN(c1nc(O[C@@H](C)[C@@H]3CCCN3OC)nc3c(F)c(-c4ccc(F)c5sc(N)c(C#N)c45)c(Cl)cc13)C2. The molecule has 1 unspecified atom stereocenters. The standard InChI is InChI=1S/C33H34ClF2N7O4S/c1-17(23-5-4-10-43(23)46-3)47-32-39-28-19(31(40-32)41-11-8-33(16-41)9-12-42(33)24(44)15-45-2)13-21(34)26(27(28)36)18-6-7-22(35)29-25(18)20(14-37)30(38)48-29/h6-7,13,17,23H,4-5,8-12,15-16,38H2,1-3H3/t17-,23-,33?/m0/s1. The number of benzene rings is 2. The molecule has 11 nitrogen and oxygen atoms in total. The van der Waals surface area contributed by atoms with Crippen molar-refractivity contribution in [3.63, 3.8) is 0 Å². The maximum Gasteiger partial charge on any atom is 0.319 e. The molecule has 0 saturated carbocycles. The van der Waals surface area contributed by atoms with Crippen molar-refractivity contribution in [2.24, 2.45) is 0 Å². The Bertz CT molecular complexity index is 1990. The number of aromatic nitrogens is 2. The highest BCUT2D eigenvalue weighted by atomic mass is 35.5. The van der Waals surface area contributed by atoms with Gasteiger partial charge in [0.2, 0.25) is 5.91 Å². The number of fused-ring (bicyclic) bond motifs is 2. The third-order valence-electron chi connectivity index (χ3n) is 9.93. The number of likely N-dealkylation sites (tertiary alicyclic amines) is 1. The van der Waals surface area contributed by atoms with Gasteiger partial charge in [0.25, 0.3) is 0 Å². The molecule has 15 heteroatoms. The van der Waals surface area contributed by atoms with Crippen molar-refractivity contribution in [2.45, 2.75) is 50.3 Å². The minimum Gasteiger partial charge on any atom is -0.459 e. The van der Waals surface area contributed by atoms with E-state index in [-0.39, 0.29) is 66.9 Å². The minimum absolute atomic E-state index is 0.00271. The van der Waals surface area contributed by atoms with Crippen molar-refractivity contribution in [1.82, 2.24) is 19.9 Å². The first-order chi connectivity index (χ1) is 23.1. The number of anilines is 2. The molecule has 3 aliphatic heterocycles. The summed E-state index contributed by atoms with van der Waals surface area (Å²) in [5.74, 6) is -0.999. The quantitative estimate of drug-likeness (QED) is 0.251. The normalized spacial score (nSPS) is 21.7. The number of nitrogens with zero attached hydrogens (tertiary/aromatic N) is 6. The number of ether oxygens (including phenoxy) is 2. The van der Waals surface area contributed by atoms with Gasteiger partial charge in [-0.15, -0.1) is 11.3 Å². The fourth-order valence-corrected chi connectivity index (χ4v) is 8.75. The zero-order valence-electron chi connectivity index (χ0n) is 26.7. The van der Waals surface area contributed by atoms with E-state index in [4.69, 9.17) is 36.6 Å². The van der Waals surface area contributed by atoms with Crippen LogP contribution in [0.1, 0.15) is 38.2 Å². The molecule has 3 fully saturated rings. The number of rotatable bonds is 8. The number of halogens is 3. The van der Waals surface area contributed by atoms with E-state index >= 15 is 4.39 Å². The average molecular weight is 698 g/mol. The van der Waals surface area contributed by atoms with Crippen LogP contribution in [0.15, 0.2) is 18.2 Å². The van der Waals surface area contributed by atoms with Gasteiger partial charge in [-0.1, -0.05) is 17.7 Å². The second-order valence-electron chi connectivity index (χ2n) is 12.5. The third kappa shape index (κ3) is 5.19. The summed E-state index contributed by atoms with van der Waals surface area (Å²) in [7, 11) is 3.11. The first-order valence-electron chi connectivity index (χ1n) is 15.7. The van der Waals surface area contributed by atoms with Gasteiger partial charge in [-0.25, -0.2) is 8.78 Å². The van der Waals surface area contributed by atoms with Crippen LogP contribution in [0.5, 0.6) is 6.01 Å². The van der Waals surface area contributed by atoms with E-state index in [0.29, 0.717) is 37.3 Å². The summed E-state index contributed by atoms with van der Waals surface area (Å²) in [6.45, 7) is 4.32. The second-order valence-corrected chi connectivity index (χ2v) is 14.0. The molecular weight excluding hydrogens is 664 g/mol. The maximum atomic E-state index is 17.0. The van der Waals surface area contributed by atoms with Crippen LogP contribution in [0.2, 0.25) is 5.02 Å². The van der Waals surface area contributed by atoms with Crippen LogP contribution in [-0.2, 0) is 14.4 Å². The number of nitrogens with two attached hydrogens (primary N) is 1. The fraction of sp³-hybridized carbons (Fsp3) is 0.455. The molecule has 5 heterocycles. The predicted molar refractivity (Wildman–Crippen MR) is 179 cm³/mol. The molecule has 2 aromatic heterocycles. The summed E-state index contributed by atoms with van der Waals surface area (Å²) in [5, 5.41) is 12.4. The van der Waals surface area contributed by atoms with Crippen molar-refractivity contribution >= 4 is 60.7 Å². The Morgan fingerprint density at radius 1 is 1.25 bits per heavy atom. The molecular formula is C33H34ClF2N7O4S. The van der Waals surface area contributed by atoms with Gasteiger partial charge in [0, 0.05) is 49.6 Å². The number of thiophene rings is 1. The second kappa shape index (κ2) is 12.5. The largest absolute Gasteiger partial charge is 0.459 e. The molecule has 2 aromatic carbocycles. The Hall–Kier alpha value is -3.87. The van der Waals surface area contributed by atoms with Gasteiger partial charge in [-0.3, -0.25) is 4.79 Å². The van der Waals surface area contributed by atoms with E-state index < -0.39 is 23.3 Å². The Morgan fingerprint density at radius 3 is 2.75 bits per heavy atom. The van der Waals surface area contributed by atoms with Gasteiger partial charge in [0.05, 0.1) is 34.0 Å². The summed E-state index contributed by atoms with van der Waals surface area (Å²) in [4.78, 5) is 31.6. The Kier molecular flexibility index (Phi) is 8.53. The van der Waals surface area contributed by atoms with Crippen molar-refractivity contribution in [1.29, 1.82) is 5.26 Å². The lowest BCUT2D eigenvalue weighted by Crippen LogP contribution is -2.64. The number of carbonyl (C=O) groups is 1. The van der Waals surface area contributed by atoms with Gasteiger partial charge in [0.1, 0.15) is 40.9 Å². The molecule has 3 saturated heterocycles. The van der Waals surface area contributed by atoms with Crippen molar-refractivity contribution in [3.05, 3.63) is 40.4 Å². The number of hydrogen-bond donors (Lipinski definition) is 1. The Balaban J connectivity index is 1.37. The molecule has 0 aliphatic carbocycles. The molecule has 0 bridgehead atoms. The van der Waals surface area contributed by atoms with Gasteiger partial charge in [-0.05, 0) is 50.3 Å². The zero-order valence-corrected chi connectivity index (χ0v) is 28.3. The van der Waals surface area contributed by atoms with Crippen molar-refractivity contribution in [3.8, 4) is 23.2 Å². The molecule has 1 amide bonds. The van der Waals surface area contributed by atoms with Gasteiger partial charge in [-0.2, -0.15) is 20.3 Å². The van der Waals surface area contributed by atoms with Crippen LogP contribution in [0.4, 0.5) is 19.6 Å². The molecule has 0 radical (unpaired) electrons. The highest BCUT2D eigenvalue weighted by Crippen LogP contribution is 2.47. The van der Waals surface area contributed by atoms with Crippen LogP contribution in [0.3, 0.4) is 0 Å². The van der Waals surface area contributed by atoms with Gasteiger partial charge < -0.3 is 29.8 Å². The minimum atomic E-state index is -0.769. The lowest BCUT2D eigenvalue weighted by Gasteiger charge is -2.50. The monoisotopic (exact) mass is 697 g/mol. The third-order valence-corrected chi connectivity index (χ3v) is 11.3. The first kappa shape index (κ1) is 32.7. The molecule has 1 spiro atoms. The summed E-state index contributed by atoms with van der Waals surface area (Å²) in [5.41, 5.74) is 5.87. The summed E-state index contributed by atoms with van der Waals surface area (Å²) in [6, 6.07) is 6.15. The lowest BCUT2D eigenvalue weighted by molar-refractivity contribution is -0.158. The number of nitrogen functional groups attached to an aromatic ring is 1. The molecule has 3 atom stereocenters. The highest BCUT2D eigenvalue weighted by molar-refractivity contribution is 7.23. The van der Waals surface area contributed by atoms with Crippen LogP contribution < -0.4 is 15.4 Å². The summed E-state index contributed by atoms with van der Waals surface area (Å²) < 4.78 is 43.5. The van der Waals surface area contributed by atoms with Crippen LogP contribution in [-0.4, -0.2) is 90.5 Å². The number of methoxy groups -OCH3 is 1. The number of carbonyl (C=O) groups excluding carboxylic acids is 1. The molecule has 4 aromatic rings. The number of hydrogen-bond acceptors (Lipinski definition) is 11. The zero-order chi connectivity index (χ0) is 33.9. The Morgan fingerprint density at radius 2 is 2.04 bits per heavy atom. The lowest BCUT2D eigenvalue weighted by atomic mass is 9.83. The molecule has 48 heavy (non-hydrogen) atoms. The smallest absolute Gasteiger partial charge is 0.319 e. The summed E-state index contributed by atoms with van der Waals surface area (Å²) >= 11 is 7.79. The van der Waals surface area contributed by atoms with Gasteiger partial charge >= 0.3 is 6.01 Å². The van der Waals surface area contributed by atoms with E-state index in [0.717, 1.165) is 37.1 Å². The van der Waals surface area contributed by atoms with Crippen LogP contribution in [0.25, 0.3) is 32.1 Å². The summed E-state index contributed by atoms with van der Waals surface area (Å²) in [6.07, 6.45) is 2.90. The maximum absolute atomic E-state index is 17.0. The molecule has 7 rings (SSSR count). The number of hydroxylamine groups is 2. The average Bonchev–Trinajstić information content (AvgIpc) is 3.80. The fourth-order valence-electron chi connectivity index (χ4n) is 7.51. The molecule has 2 N–H and O–H groups in total. The molecule has 3 aliphatic rings. The van der Waals surface area contributed by atoms with Crippen LogP contribution >= 0.6 is 22.9 Å². The highest BCUT2D eigenvalue weighted by Gasteiger charge is 2.52. The van der Waals surface area contributed by atoms with E-state index in [2.05, 4.69) is 4.98 Å². The van der Waals surface area contributed by atoms with Gasteiger partial charge in [0.15, 0.2) is 5.82 Å². The van der Waals surface area contributed by atoms with Crippen molar-refractivity contribution in [2.75, 3.05) is 57.6 Å². The topological polar surface area (TPSA) is 130 Å². The number of nitriles is 1. The van der Waals surface area contributed by atoms with E-state index in [1.807, 2.05) is 27.9 Å². The van der Waals surface area contributed by atoms with Crippen molar-refractivity contribution < 1.29 is 27.9 Å². The van der Waals surface area contributed by atoms with E-state index in [9.17, 15) is 14.4 Å².